The van der Waals surface area contributed by atoms with Gasteiger partial charge in [0.05, 0.1) is 17.0 Å². The molecular weight excluding hydrogens is 350 g/mol. The first-order valence-electron chi connectivity index (χ1n) is 7.36. The van der Waals surface area contributed by atoms with Crippen molar-refractivity contribution < 1.29 is 17.5 Å². The topological polar surface area (TPSA) is 73.0 Å². The van der Waals surface area contributed by atoms with Gasteiger partial charge < -0.3 is 0 Å². The summed E-state index contributed by atoms with van der Waals surface area (Å²) in [5, 5.41) is 6.64. The zero-order valence-electron chi connectivity index (χ0n) is 13.3. The molecule has 0 aromatic heterocycles. The number of halogens is 1. The van der Waals surface area contributed by atoms with Crippen LogP contribution in [0.4, 0.5) is 5.69 Å². The van der Waals surface area contributed by atoms with E-state index in [1.807, 2.05) is 42.1 Å². The minimum Gasteiger partial charge on any atom is -0.286 e. The quantitative estimate of drug-likeness (QED) is 0.361. The number of hydrogen-bond donors (Lipinski definition) is 1. The van der Waals surface area contributed by atoms with Gasteiger partial charge in [-0.3, -0.25) is 9.56 Å². The predicted molar refractivity (Wildman–Crippen MR) is 97.0 cm³/mol. The number of nitrogens with zero attached hydrogens (tertiary/aromatic N) is 3. The fourth-order valence-corrected chi connectivity index (χ4v) is 2.76. The number of anilines is 1. The van der Waals surface area contributed by atoms with Gasteiger partial charge in [-0.1, -0.05) is 11.6 Å². The second-order valence-corrected chi connectivity index (χ2v) is 7.36. The van der Waals surface area contributed by atoms with E-state index in [0.717, 1.165) is 11.3 Å². The first kappa shape index (κ1) is 18.4. The molecule has 6 nitrogen and oxygen atoms in total. The molecular formula is C16H19ClN3O3S+. The van der Waals surface area contributed by atoms with E-state index in [0.29, 0.717) is 24.5 Å². The van der Waals surface area contributed by atoms with Crippen molar-refractivity contribution in [2.24, 2.45) is 5.10 Å². The molecule has 0 radical (unpaired) electrons. The lowest BCUT2D eigenvalue weighted by atomic mass is 10.2. The lowest BCUT2D eigenvalue weighted by Crippen LogP contribution is -2.22. The molecule has 1 aliphatic heterocycles. The molecule has 8 heteroatoms. The molecule has 1 N–H and O–H groups in total. The van der Waals surface area contributed by atoms with Gasteiger partial charge in [0, 0.05) is 30.4 Å². The van der Waals surface area contributed by atoms with Crippen LogP contribution in [0.5, 0.6) is 0 Å². The minimum atomic E-state index is -3.91. The first-order chi connectivity index (χ1) is 11.3. The van der Waals surface area contributed by atoms with E-state index in [4.69, 9.17) is 16.2 Å². The molecule has 0 bridgehead atoms. The predicted octanol–water partition coefficient (Wildman–Crippen LogP) is 2.22. The molecule has 1 aromatic carbocycles. The molecule has 0 aliphatic carbocycles. The summed E-state index contributed by atoms with van der Waals surface area (Å²) < 4.78 is 32.2. The van der Waals surface area contributed by atoms with Crippen molar-refractivity contribution >= 4 is 39.5 Å². The van der Waals surface area contributed by atoms with Crippen molar-refractivity contribution in [3.05, 3.63) is 47.0 Å². The number of rotatable bonds is 6. The van der Waals surface area contributed by atoms with E-state index in [-0.39, 0.29) is 5.75 Å². The van der Waals surface area contributed by atoms with E-state index < -0.39 is 10.1 Å². The Morgan fingerprint density at radius 2 is 2.08 bits per heavy atom. The van der Waals surface area contributed by atoms with Gasteiger partial charge in [0.1, 0.15) is 6.54 Å². The van der Waals surface area contributed by atoms with Crippen molar-refractivity contribution in [1.82, 2.24) is 0 Å². The average Bonchev–Trinajstić information content (AvgIpc) is 2.52. The van der Waals surface area contributed by atoms with E-state index in [2.05, 4.69) is 11.0 Å². The van der Waals surface area contributed by atoms with Gasteiger partial charge in [-0.25, -0.2) is 4.58 Å². The van der Waals surface area contributed by atoms with Crippen LogP contribution in [-0.4, -0.2) is 55.5 Å². The number of benzene rings is 1. The van der Waals surface area contributed by atoms with Gasteiger partial charge >= 0.3 is 0 Å². The van der Waals surface area contributed by atoms with Crippen LogP contribution in [0.2, 0.25) is 5.02 Å². The fraction of sp³-hybridized carbons (Fsp3) is 0.312. The third-order valence-corrected chi connectivity index (χ3v) is 4.42. The third kappa shape index (κ3) is 6.29. The first-order valence-corrected chi connectivity index (χ1v) is 9.35. The Bertz CT molecular complexity index is 807. The normalized spacial score (nSPS) is 14.1. The van der Waals surface area contributed by atoms with Crippen LogP contribution in [0.3, 0.4) is 0 Å². The summed E-state index contributed by atoms with van der Waals surface area (Å²) in [4.78, 5) is 0. The summed E-state index contributed by atoms with van der Waals surface area (Å²) in [6.45, 7) is 1.11. The second kappa shape index (κ2) is 8.26. The molecule has 1 aliphatic rings. The van der Waals surface area contributed by atoms with Gasteiger partial charge in [-0.2, -0.15) is 8.42 Å². The van der Waals surface area contributed by atoms with Gasteiger partial charge in [-0.05, 0) is 30.3 Å². The summed E-state index contributed by atoms with van der Waals surface area (Å²) in [5.41, 5.74) is 1.77. The molecule has 0 unspecified atom stereocenters. The summed E-state index contributed by atoms with van der Waals surface area (Å²) in [6.07, 6.45) is 5.99. The molecule has 24 heavy (non-hydrogen) atoms. The van der Waals surface area contributed by atoms with E-state index in [9.17, 15) is 8.42 Å². The Balaban J connectivity index is 1.97. The van der Waals surface area contributed by atoms with Crippen LogP contribution in [0.25, 0.3) is 0 Å². The molecule has 128 valence electrons. The highest BCUT2D eigenvalue weighted by Crippen LogP contribution is 2.16. The van der Waals surface area contributed by atoms with Gasteiger partial charge in [0.25, 0.3) is 10.1 Å². The van der Waals surface area contributed by atoms with E-state index in [1.54, 1.807) is 17.1 Å². The summed E-state index contributed by atoms with van der Waals surface area (Å²) in [5.74, 6) is 2.75. The Hall–Kier alpha value is -1.92. The monoisotopic (exact) mass is 368 g/mol. The molecule has 1 heterocycles. The number of hydrazone groups is 1. The van der Waals surface area contributed by atoms with Crippen LogP contribution in [0.1, 0.15) is 6.42 Å². The van der Waals surface area contributed by atoms with Gasteiger partial charge in [-0.15, -0.1) is 5.10 Å². The lowest BCUT2D eigenvalue weighted by Gasteiger charge is -2.11. The highest BCUT2D eigenvalue weighted by molar-refractivity contribution is 7.85. The summed E-state index contributed by atoms with van der Waals surface area (Å²) in [6, 6.07) is 7.32. The van der Waals surface area contributed by atoms with Crippen LogP contribution in [0, 0.1) is 0 Å². The zero-order valence-corrected chi connectivity index (χ0v) is 14.8. The smallest absolute Gasteiger partial charge is 0.265 e. The standard InChI is InChI=1S/C16H18ClN3O3S/c1-19(16-7-5-15(17)6-8-16)18-12-14-4-2-9-20(13-14)10-3-11-24(21,22)23/h2,4-9H,3,10-11,13H2,1H3/p+1. The zero-order chi connectivity index (χ0) is 17.6. The van der Waals surface area contributed by atoms with Crippen LogP contribution in [-0.2, 0) is 10.1 Å². The maximum absolute atomic E-state index is 10.7. The molecule has 1 aromatic rings. The van der Waals surface area contributed by atoms with E-state index in [1.165, 1.54) is 0 Å². The maximum Gasteiger partial charge on any atom is 0.265 e. The SMILES string of the molecule is CN(N=C=C1C=CC=[N+](CCCS(=O)(=O)O)C1)c1ccc(Cl)cc1. The number of allylic oxidation sites excluding steroid dienone is 1. The number of hydrogen-bond acceptors (Lipinski definition) is 4. The Morgan fingerprint density at radius 3 is 2.75 bits per heavy atom. The third-order valence-electron chi connectivity index (χ3n) is 3.36. The fourth-order valence-electron chi connectivity index (χ4n) is 2.14. The highest BCUT2D eigenvalue weighted by atomic mass is 35.5. The average molecular weight is 369 g/mol. The van der Waals surface area contributed by atoms with Crippen molar-refractivity contribution in [1.29, 1.82) is 0 Å². The van der Waals surface area contributed by atoms with Crippen molar-refractivity contribution in [3.8, 4) is 0 Å². The largest absolute Gasteiger partial charge is 0.286 e. The van der Waals surface area contributed by atoms with Crippen molar-refractivity contribution in [2.45, 2.75) is 6.42 Å². The molecule has 0 spiro atoms. The molecule has 0 saturated carbocycles. The van der Waals surface area contributed by atoms with Crippen LogP contribution in [0.15, 0.2) is 47.1 Å². The summed E-state index contributed by atoms with van der Waals surface area (Å²) in [7, 11) is -2.09. The highest BCUT2D eigenvalue weighted by Gasteiger charge is 2.12. The Labute approximate surface area is 146 Å². The van der Waals surface area contributed by atoms with Crippen molar-refractivity contribution in [3.63, 3.8) is 0 Å². The van der Waals surface area contributed by atoms with E-state index >= 15 is 0 Å². The lowest BCUT2D eigenvalue weighted by molar-refractivity contribution is -0.514. The molecule has 0 atom stereocenters. The van der Waals surface area contributed by atoms with Crippen LogP contribution < -0.4 is 5.01 Å². The maximum atomic E-state index is 10.7. The molecule has 2 rings (SSSR count). The molecule has 0 amide bonds. The van der Waals surface area contributed by atoms with Gasteiger partial charge in [0.15, 0.2) is 12.8 Å². The van der Waals surface area contributed by atoms with Crippen molar-refractivity contribution in [2.75, 3.05) is 30.9 Å². The molecule has 0 saturated heterocycles. The van der Waals surface area contributed by atoms with Gasteiger partial charge in [0.2, 0.25) is 0 Å². The van der Waals surface area contributed by atoms with Crippen LogP contribution >= 0.6 is 11.6 Å². The second-order valence-electron chi connectivity index (χ2n) is 5.36. The Morgan fingerprint density at radius 1 is 1.38 bits per heavy atom. The molecule has 0 fully saturated rings. The summed E-state index contributed by atoms with van der Waals surface area (Å²) >= 11 is 5.86. The minimum absolute atomic E-state index is 0.243. The Kier molecular flexibility index (Phi) is 6.34.